The van der Waals surface area contributed by atoms with Gasteiger partial charge in [-0.15, -0.1) is 0 Å². The summed E-state index contributed by atoms with van der Waals surface area (Å²) >= 11 is 6.28. The van der Waals surface area contributed by atoms with Crippen molar-refractivity contribution in [2.75, 3.05) is 26.3 Å². The monoisotopic (exact) mass is 380 g/mol. The van der Waals surface area contributed by atoms with Crippen LogP contribution in [-0.2, 0) is 11.3 Å². The van der Waals surface area contributed by atoms with Gasteiger partial charge >= 0.3 is 5.97 Å². The molecular weight excluding hydrogens is 356 g/mol. The molecule has 142 valence electrons. The Bertz CT molecular complexity index is 674. The van der Waals surface area contributed by atoms with Crippen molar-refractivity contribution >= 4 is 17.6 Å². The molecule has 0 radical (unpaired) electrons. The van der Waals surface area contributed by atoms with E-state index in [0.717, 1.165) is 31.5 Å². The van der Waals surface area contributed by atoms with Crippen LogP contribution < -0.4 is 14.8 Å². The molecule has 0 amide bonds. The molecule has 0 unspecified atom stereocenters. The first-order chi connectivity index (χ1) is 12.6. The van der Waals surface area contributed by atoms with Gasteiger partial charge in [0.1, 0.15) is 13.2 Å². The van der Waals surface area contributed by atoms with E-state index in [2.05, 4.69) is 10.2 Å². The maximum absolute atomic E-state index is 11.1. The Kier molecular flexibility index (Phi) is 5.25. The first-order valence-corrected chi connectivity index (χ1v) is 9.73. The number of nitrogens with one attached hydrogen (secondary N) is 1. The Morgan fingerprint density at radius 3 is 2.77 bits per heavy atom. The molecule has 0 saturated heterocycles. The van der Waals surface area contributed by atoms with Crippen LogP contribution in [0.2, 0.25) is 5.02 Å². The highest BCUT2D eigenvalue weighted by Crippen LogP contribution is 2.38. The second-order valence-corrected chi connectivity index (χ2v) is 7.98. The molecule has 7 heteroatoms. The number of hydrogen-bond acceptors (Lipinski definition) is 5. The second-order valence-electron chi connectivity index (χ2n) is 7.57. The molecular formula is C19H25ClN2O4. The summed E-state index contributed by atoms with van der Waals surface area (Å²) in [6.07, 6.45) is 4.49. The molecule has 1 aliphatic heterocycles. The Morgan fingerprint density at radius 2 is 2.04 bits per heavy atom. The highest BCUT2D eigenvalue weighted by Gasteiger charge is 2.36. The minimum Gasteiger partial charge on any atom is -0.486 e. The van der Waals surface area contributed by atoms with Gasteiger partial charge in [0.25, 0.3) is 0 Å². The summed E-state index contributed by atoms with van der Waals surface area (Å²) in [7, 11) is 0. The van der Waals surface area contributed by atoms with Crippen LogP contribution >= 0.6 is 11.6 Å². The van der Waals surface area contributed by atoms with E-state index in [0.29, 0.717) is 47.7 Å². The van der Waals surface area contributed by atoms with Crippen LogP contribution in [0.3, 0.4) is 0 Å². The second kappa shape index (κ2) is 7.62. The Morgan fingerprint density at radius 1 is 1.27 bits per heavy atom. The van der Waals surface area contributed by atoms with Gasteiger partial charge in [-0.1, -0.05) is 11.6 Å². The molecule has 0 aromatic heterocycles. The molecule has 1 heterocycles. The summed E-state index contributed by atoms with van der Waals surface area (Å²) in [5, 5.41) is 13.3. The van der Waals surface area contributed by atoms with E-state index >= 15 is 0 Å². The summed E-state index contributed by atoms with van der Waals surface area (Å²) in [6.45, 7) is 2.88. The van der Waals surface area contributed by atoms with Crippen LogP contribution in [0.5, 0.6) is 11.5 Å². The number of aliphatic carboxylic acids is 1. The highest BCUT2D eigenvalue weighted by molar-refractivity contribution is 6.32. The van der Waals surface area contributed by atoms with Crippen LogP contribution in [0, 0.1) is 5.92 Å². The number of fused-ring (bicyclic) bond motifs is 1. The normalized spacial score (nSPS) is 24.4. The lowest BCUT2D eigenvalue weighted by atomic mass is 9.85. The number of ether oxygens (including phenoxy) is 2. The van der Waals surface area contributed by atoms with E-state index in [1.165, 1.54) is 12.8 Å². The third-order valence-electron chi connectivity index (χ3n) is 5.41. The molecule has 6 nitrogen and oxygen atoms in total. The third kappa shape index (κ3) is 4.24. The van der Waals surface area contributed by atoms with Crippen LogP contribution in [0.1, 0.15) is 31.2 Å². The first kappa shape index (κ1) is 17.9. The van der Waals surface area contributed by atoms with Gasteiger partial charge < -0.3 is 19.9 Å². The van der Waals surface area contributed by atoms with Crippen LogP contribution in [0.4, 0.5) is 0 Å². The van der Waals surface area contributed by atoms with Crippen molar-refractivity contribution < 1.29 is 19.4 Å². The zero-order valence-electron chi connectivity index (χ0n) is 14.7. The lowest BCUT2D eigenvalue weighted by molar-refractivity contribution is -0.139. The summed E-state index contributed by atoms with van der Waals surface area (Å²) in [4.78, 5) is 13.3. The van der Waals surface area contributed by atoms with Crippen molar-refractivity contribution in [2.24, 2.45) is 5.92 Å². The van der Waals surface area contributed by atoms with Crippen molar-refractivity contribution in [1.82, 2.24) is 10.2 Å². The van der Waals surface area contributed by atoms with Crippen molar-refractivity contribution in [1.29, 1.82) is 0 Å². The van der Waals surface area contributed by atoms with Gasteiger partial charge in [-0.05, 0) is 49.3 Å². The molecule has 26 heavy (non-hydrogen) atoms. The molecule has 1 aromatic carbocycles. The van der Waals surface area contributed by atoms with Crippen molar-refractivity contribution in [3.05, 3.63) is 22.7 Å². The molecule has 0 atom stereocenters. The van der Waals surface area contributed by atoms with Gasteiger partial charge in [-0.2, -0.15) is 0 Å². The number of rotatable bonds is 8. The number of carboxylic acid groups (broad SMARTS) is 1. The molecule has 4 rings (SSSR count). The minimum absolute atomic E-state index is 0.158. The predicted octanol–water partition coefficient (Wildman–Crippen LogP) is 2.53. The largest absolute Gasteiger partial charge is 0.486 e. The number of benzene rings is 1. The average molecular weight is 381 g/mol. The van der Waals surface area contributed by atoms with E-state index < -0.39 is 5.97 Å². The topological polar surface area (TPSA) is 71.0 Å². The van der Waals surface area contributed by atoms with Crippen LogP contribution in [-0.4, -0.2) is 54.4 Å². The van der Waals surface area contributed by atoms with Gasteiger partial charge in [-0.3, -0.25) is 9.69 Å². The van der Waals surface area contributed by atoms with E-state index in [4.69, 9.17) is 26.2 Å². The molecule has 2 N–H and O–H groups in total. The summed E-state index contributed by atoms with van der Waals surface area (Å²) in [6, 6.07) is 4.70. The molecule has 3 aliphatic rings. The van der Waals surface area contributed by atoms with Gasteiger partial charge in [0.15, 0.2) is 11.5 Å². The number of hydrogen-bond donors (Lipinski definition) is 2. The predicted molar refractivity (Wildman–Crippen MR) is 98.0 cm³/mol. The van der Waals surface area contributed by atoms with E-state index in [1.54, 1.807) is 0 Å². The van der Waals surface area contributed by atoms with E-state index in [9.17, 15) is 4.79 Å². The standard InChI is InChI=1S/C19H25ClN2O4/c20-16-5-13(6-17-19(16)26-4-3-25-17)9-21-14-7-15(8-14)22(11-18(23)24)10-12-1-2-12/h5-6,12,14-15,21H,1-4,7-11H2,(H,23,24). The molecule has 2 saturated carbocycles. The van der Waals surface area contributed by atoms with Gasteiger partial charge in [0, 0.05) is 25.2 Å². The number of nitrogens with zero attached hydrogens (tertiary/aromatic N) is 1. The van der Waals surface area contributed by atoms with Crippen molar-refractivity contribution in [3.8, 4) is 11.5 Å². The van der Waals surface area contributed by atoms with Gasteiger partial charge in [-0.25, -0.2) is 0 Å². The lowest BCUT2D eigenvalue weighted by Crippen LogP contribution is -2.54. The fourth-order valence-electron chi connectivity index (χ4n) is 3.73. The average Bonchev–Trinajstić information content (AvgIpc) is 3.37. The number of halogens is 1. The van der Waals surface area contributed by atoms with Crippen molar-refractivity contribution in [2.45, 2.75) is 44.3 Å². The first-order valence-electron chi connectivity index (χ1n) is 9.35. The molecule has 0 bridgehead atoms. The summed E-state index contributed by atoms with van der Waals surface area (Å²) < 4.78 is 11.2. The Hall–Kier alpha value is -1.50. The maximum atomic E-state index is 11.1. The van der Waals surface area contributed by atoms with Crippen molar-refractivity contribution in [3.63, 3.8) is 0 Å². The smallest absolute Gasteiger partial charge is 0.317 e. The molecule has 1 aromatic rings. The molecule has 2 fully saturated rings. The fraction of sp³-hybridized carbons (Fsp3) is 0.632. The summed E-state index contributed by atoms with van der Waals surface area (Å²) in [5.41, 5.74) is 1.07. The van der Waals surface area contributed by atoms with Crippen LogP contribution in [0.25, 0.3) is 0 Å². The van der Waals surface area contributed by atoms with Gasteiger partial charge in [0.05, 0.1) is 11.6 Å². The molecule has 0 spiro atoms. The lowest BCUT2D eigenvalue weighted by Gasteiger charge is -2.43. The number of carboxylic acids is 1. The van der Waals surface area contributed by atoms with E-state index in [1.807, 2.05) is 12.1 Å². The number of carbonyl (C=O) groups is 1. The van der Waals surface area contributed by atoms with Crippen LogP contribution in [0.15, 0.2) is 12.1 Å². The zero-order chi connectivity index (χ0) is 18.1. The maximum Gasteiger partial charge on any atom is 0.317 e. The Balaban J connectivity index is 1.27. The zero-order valence-corrected chi connectivity index (χ0v) is 15.5. The Labute approximate surface area is 158 Å². The SMILES string of the molecule is O=C(O)CN(CC1CC1)C1CC(NCc2cc(Cl)c3c(c2)OCCO3)C1. The highest BCUT2D eigenvalue weighted by atomic mass is 35.5. The molecule has 2 aliphatic carbocycles. The van der Waals surface area contributed by atoms with E-state index in [-0.39, 0.29) is 6.54 Å². The van der Waals surface area contributed by atoms with Gasteiger partial charge in [0.2, 0.25) is 0 Å². The summed E-state index contributed by atoms with van der Waals surface area (Å²) in [5.74, 6) is 1.33. The quantitative estimate of drug-likeness (QED) is 0.722. The third-order valence-corrected chi connectivity index (χ3v) is 5.69. The minimum atomic E-state index is -0.729. The fourth-order valence-corrected chi connectivity index (χ4v) is 4.02.